The van der Waals surface area contributed by atoms with Crippen LogP contribution < -0.4 is 0 Å². The van der Waals surface area contributed by atoms with Gasteiger partial charge in [-0.2, -0.15) is 0 Å². The number of Topliss-reactive ketones (excluding diaryl/α,β-unsaturated/α-hetero) is 1. The van der Waals surface area contributed by atoms with E-state index in [1.807, 2.05) is 11.8 Å². The van der Waals surface area contributed by atoms with Gasteiger partial charge in [0.15, 0.2) is 0 Å². The Balaban J connectivity index is 1.73. The SMILES string of the molecule is O=C1CC[C@@H]2[C@@H](Sc3ccccc3)CCC[C@H]12. The van der Waals surface area contributed by atoms with Crippen molar-refractivity contribution in [3.05, 3.63) is 30.3 Å². The minimum Gasteiger partial charge on any atom is -0.299 e. The summed E-state index contributed by atoms with van der Waals surface area (Å²) in [6.45, 7) is 0. The first-order valence-corrected chi connectivity index (χ1v) is 7.47. The van der Waals surface area contributed by atoms with Gasteiger partial charge in [0, 0.05) is 22.5 Å². The highest BCUT2D eigenvalue weighted by molar-refractivity contribution is 8.00. The zero-order valence-corrected chi connectivity index (χ0v) is 10.8. The number of rotatable bonds is 2. The minimum atomic E-state index is 0.393. The van der Waals surface area contributed by atoms with Gasteiger partial charge >= 0.3 is 0 Å². The summed E-state index contributed by atoms with van der Waals surface area (Å²) in [4.78, 5) is 13.2. The van der Waals surface area contributed by atoms with Crippen molar-refractivity contribution in [2.75, 3.05) is 0 Å². The van der Waals surface area contributed by atoms with E-state index in [0.29, 0.717) is 22.9 Å². The van der Waals surface area contributed by atoms with Gasteiger partial charge in [-0.25, -0.2) is 0 Å². The molecule has 0 aromatic heterocycles. The number of hydrogen-bond acceptors (Lipinski definition) is 2. The van der Waals surface area contributed by atoms with Gasteiger partial charge in [0.25, 0.3) is 0 Å². The van der Waals surface area contributed by atoms with E-state index in [-0.39, 0.29) is 0 Å². The average molecular weight is 246 g/mol. The Labute approximate surface area is 107 Å². The summed E-state index contributed by atoms with van der Waals surface area (Å²) >= 11 is 1.99. The van der Waals surface area contributed by atoms with Crippen LogP contribution in [-0.4, -0.2) is 11.0 Å². The molecule has 0 amide bonds. The van der Waals surface area contributed by atoms with E-state index in [2.05, 4.69) is 30.3 Å². The molecule has 1 aromatic rings. The molecule has 2 aliphatic rings. The van der Waals surface area contributed by atoms with Gasteiger partial charge in [0.05, 0.1) is 0 Å². The van der Waals surface area contributed by atoms with Crippen LogP contribution in [0, 0.1) is 11.8 Å². The summed E-state index contributed by atoms with van der Waals surface area (Å²) in [7, 11) is 0. The fourth-order valence-corrected chi connectivity index (χ4v) is 4.78. The van der Waals surface area contributed by atoms with Gasteiger partial charge in [0.2, 0.25) is 0 Å². The summed E-state index contributed by atoms with van der Waals surface area (Å²) in [5.74, 6) is 1.58. The maximum Gasteiger partial charge on any atom is 0.136 e. The molecule has 1 nitrogen and oxygen atoms in total. The molecule has 0 bridgehead atoms. The van der Waals surface area contributed by atoms with Crippen LogP contribution in [-0.2, 0) is 4.79 Å². The Morgan fingerprint density at radius 3 is 2.71 bits per heavy atom. The third-order valence-corrected chi connectivity index (χ3v) is 5.60. The standard InChI is InChI=1S/C15H18OS/c16-14-10-9-13-12(14)7-4-8-15(13)17-11-5-2-1-3-6-11/h1-3,5-6,12-13,15H,4,7-10H2/t12-,13-,15-/m0/s1. The third kappa shape index (κ3) is 2.28. The number of ketones is 1. The summed E-state index contributed by atoms with van der Waals surface area (Å²) in [6.07, 6.45) is 5.63. The van der Waals surface area contributed by atoms with E-state index in [4.69, 9.17) is 0 Å². The lowest BCUT2D eigenvalue weighted by Crippen LogP contribution is -2.29. The fourth-order valence-electron chi connectivity index (χ4n) is 3.33. The van der Waals surface area contributed by atoms with E-state index in [1.54, 1.807) is 0 Å². The van der Waals surface area contributed by atoms with E-state index < -0.39 is 0 Å². The molecule has 0 spiro atoms. The number of benzene rings is 1. The van der Waals surface area contributed by atoms with Gasteiger partial charge in [0.1, 0.15) is 5.78 Å². The number of fused-ring (bicyclic) bond motifs is 1. The number of hydrogen-bond donors (Lipinski definition) is 0. The van der Waals surface area contributed by atoms with E-state index in [0.717, 1.165) is 19.3 Å². The van der Waals surface area contributed by atoms with Gasteiger partial charge in [-0.05, 0) is 37.3 Å². The molecule has 1 aromatic carbocycles. The van der Waals surface area contributed by atoms with Crippen molar-refractivity contribution in [2.45, 2.75) is 42.2 Å². The Kier molecular flexibility index (Phi) is 3.24. The number of carbonyl (C=O) groups excluding carboxylic acids is 1. The van der Waals surface area contributed by atoms with Gasteiger partial charge in [-0.3, -0.25) is 4.79 Å². The smallest absolute Gasteiger partial charge is 0.136 e. The van der Waals surface area contributed by atoms with Crippen LogP contribution in [0.1, 0.15) is 32.1 Å². The van der Waals surface area contributed by atoms with Crippen LogP contribution in [0.4, 0.5) is 0 Å². The van der Waals surface area contributed by atoms with Crippen LogP contribution in [0.2, 0.25) is 0 Å². The molecule has 0 heterocycles. The Hall–Kier alpha value is -0.760. The molecule has 90 valence electrons. The molecule has 2 heteroatoms. The largest absolute Gasteiger partial charge is 0.299 e. The Bertz CT molecular complexity index is 401. The van der Waals surface area contributed by atoms with Gasteiger partial charge in [-0.15, -0.1) is 11.8 Å². The number of carbonyl (C=O) groups is 1. The molecule has 17 heavy (non-hydrogen) atoms. The van der Waals surface area contributed by atoms with Gasteiger partial charge in [-0.1, -0.05) is 24.6 Å². The first-order chi connectivity index (χ1) is 8.34. The van der Waals surface area contributed by atoms with Crippen LogP contribution in [0.25, 0.3) is 0 Å². The lowest BCUT2D eigenvalue weighted by molar-refractivity contribution is -0.121. The average Bonchev–Trinajstić information content (AvgIpc) is 2.74. The summed E-state index contributed by atoms with van der Waals surface area (Å²) in [6, 6.07) is 10.6. The highest BCUT2D eigenvalue weighted by Gasteiger charge is 2.41. The monoisotopic (exact) mass is 246 g/mol. The quantitative estimate of drug-likeness (QED) is 0.786. The predicted octanol–water partition coefficient (Wildman–Crippen LogP) is 3.93. The lowest BCUT2D eigenvalue weighted by atomic mass is 9.81. The molecule has 0 N–H and O–H groups in total. The topological polar surface area (TPSA) is 17.1 Å². The van der Waals surface area contributed by atoms with Crippen molar-refractivity contribution in [1.29, 1.82) is 0 Å². The van der Waals surface area contributed by atoms with Crippen LogP contribution in [0.15, 0.2) is 35.2 Å². The lowest BCUT2D eigenvalue weighted by Gasteiger charge is -2.32. The maximum absolute atomic E-state index is 11.8. The zero-order chi connectivity index (χ0) is 11.7. The molecule has 0 radical (unpaired) electrons. The first kappa shape index (κ1) is 11.3. The van der Waals surface area contributed by atoms with Gasteiger partial charge < -0.3 is 0 Å². The first-order valence-electron chi connectivity index (χ1n) is 6.59. The second kappa shape index (κ2) is 4.85. The maximum atomic E-state index is 11.8. The van der Waals surface area contributed by atoms with Crippen LogP contribution in [0.3, 0.4) is 0 Å². The van der Waals surface area contributed by atoms with E-state index >= 15 is 0 Å². The van der Waals surface area contributed by atoms with Crippen molar-refractivity contribution in [1.82, 2.24) is 0 Å². The molecule has 0 aliphatic heterocycles. The van der Waals surface area contributed by atoms with Crippen molar-refractivity contribution in [2.24, 2.45) is 11.8 Å². The summed E-state index contributed by atoms with van der Waals surface area (Å²) in [5, 5.41) is 0.669. The molecular weight excluding hydrogens is 228 g/mol. The molecule has 2 fully saturated rings. The second-order valence-corrected chi connectivity index (χ2v) is 6.49. The summed E-state index contributed by atoms with van der Waals surface area (Å²) in [5.41, 5.74) is 0. The van der Waals surface area contributed by atoms with Crippen molar-refractivity contribution < 1.29 is 4.79 Å². The highest BCUT2D eigenvalue weighted by Crippen LogP contribution is 2.46. The fraction of sp³-hybridized carbons (Fsp3) is 0.533. The van der Waals surface area contributed by atoms with Crippen molar-refractivity contribution in [3.8, 4) is 0 Å². The number of thioether (sulfide) groups is 1. The zero-order valence-electron chi connectivity index (χ0n) is 9.97. The minimum absolute atomic E-state index is 0.393. The normalized spacial score (nSPS) is 32.5. The van der Waals surface area contributed by atoms with Crippen molar-refractivity contribution in [3.63, 3.8) is 0 Å². The van der Waals surface area contributed by atoms with Crippen LogP contribution in [0.5, 0.6) is 0 Å². The van der Waals surface area contributed by atoms with Crippen molar-refractivity contribution >= 4 is 17.5 Å². The van der Waals surface area contributed by atoms with E-state index in [9.17, 15) is 4.79 Å². The Morgan fingerprint density at radius 2 is 1.88 bits per heavy atom. The highest BCUT2D eigenvalue weighted by atomic mass is 32.2. The molecule has 3 atom stereocenters. The molecule has 0 saturated heterocycles. The summed E-state index contributed by atoms with van der Waals surface area (Å²) < 4.78 is 0. The molecule has 2 aliphatic carbocycles. The predicted molar refractivity (Wildman–Crippen MR) is 71.2 cm³/mol. The second-order valence-electron chi connectivity index (χ2n) is 5.18. The Morgan fingerprint density at radius 1 is 1.06 bits per heavy atom. The van der Waals surface area contributed by atoms with E-state index in [1.165, 1.54) is 17.7 Å². The third-order valence-electron chi connectivity index (χ3n) is 4.17. The molecule has 0 unspecified atom stereocenters. The molecular formula is C15H18OS. The molecule has 3 rings (SSSR count). The molecule has 2 saturated carbocycles. The van der Waals surface area contributed by atoms with Crippen LogP contribution >= 0.6 is 11.8 Å².